The van der Waals surface area contributed by atoms with Gasteiger partial charge in [0.2, 0.25) is 0 Å². The molecule has 2 rings (SSSR count). The topological polar surface area (TPSA) is 113 Å². The van der Waals surface area contributed by atoms with Gasteiger partial charge in [0.25, 0.3) is 0 Å². The molecule has 0 aliphatic carbocycles. The number of nitrogens with one attached hydrogen (secondary N) is 1. The van der Waals surface area contributed by atoms with Gasteiger partial charge in [0.15, 0.2) is 5.96 Å². The Morgan fingerprint density at radius 3 is 2.79 bits per heavy atom. The van der Waals surface area contributed by atoms with Crippen LogP contribution in [0.25, 0.3) is 0 Å². The molecule has 4 N–H and O–H groups in total. The normalized spacial score (nSPS) is 17.4. The molecule has 1 aliphatic rings. The van der Waals surface area contributed by atoms with Gasteiger partial charge in [0.05, 0.1) is 19.3 Å². The van der Waals surface area contributed by atoms with E-state index in [0.717, 1.165) is 18.4 Å². The number of amides is 1. The summed E-state index contributed by atoms with van der Waals surface area (Å²) in [6.07, 6.45) is 3.84. The van der Waals surface area contributed by atoms with Gasteiger partial charge in [0.1, 0.15) is 0 Å². The molecule has 8 nitrogen and oxygen atoms in total. The zero-order valence-electron chi connectivity index (χ0n) is 13.9. The first-order valence-electron chi connectivity index (χ1n) is 8.16. The van der Waals surface area contributed by atoms with E-state index in [4.69, 9.17) is 10.5 Å². The maximum Gasteiger partial charge on any atom is 0.409 e. The Morgan fingerprint density at radius 2 is 2.17 bits per heavy atom. The van der Waals surface area contributed by atoms with Gasteiger partial charge in [-0.05, 0) is 37.5 Å². The van der Waals surface area contributed by atoms with Gasteiger partial charge < -0.3 is 25.8 Å². The molecule has 8 heteroatoms. The summed E-state index contributed by atoms with van der Waals surface area (Å²) in [5.41, 5.74) is 6.64. The van der Waals surface area contributed by atoms with Gasteiger partial charge in [-0.25, -0.2) is 4.79 Å². The van der Waals surface area contributed by atoms with Crippen LogP contribution in [0.5, 0.6) is 0 Å². The third-order valence-electron chi connectivity index (χ3n) is 3.90. The molecule has 0 aromatic carbocycles. The average molecular weight is 335 g/mol. The van der Waals surface area contributed by atoms with Gasteiger partial charge >= 0.3 is 6.09 Å². The molecule has 0 spiro atoms. The van der Waals surface area contributed by atoms with Crippen LogP contribution in [-0.4, -0.2) is 59.3 Å². The van der Waals surface area contributed by atoms with Crippen LogP contribution in [0, 0.1) is 0 Å². The Morgan fingerprint density at radius 1 is 1.50 bits per heavy atom. The zero-order chi connectivity index (χ0) is 17.4. The molecule has 1 unspecified atom stereocenters. The lowest BCUT2D eigenvalue weighted by molar-refractivity contribution is 0.0963. The van der Waals surface area contributed by atoms with Crippen molar-refractivity contribution in [3.05, 3.63) is 30.1 Å². The number of rotatable bonds is 5. The van der Waals surface area contributed by atoms with Gasteiger partial charge in [-0.2, -0.15) is 0 Å². The summed E-state index contributed by atoms with van der Waals surface area (Å²) in [7, 11) is 0. The Balaban J connectivity index is 1.75. The van der Waals surface area contributed by atoms with Gasteiger partial charge in [-0.15, -0.1) is 0 Å². The van der Waals surface area contributed by atoms with Crippen LogP contribution in [0.3, 0.4) is 0 Å². The van der Waals surface area contributed by atoms with Gasteiger partial charge in [0, 0.05) is 31.5 Å². The number of ether oxygens (including phenoxy) is 1. The number of carbonyl (C=O) groups excluding carboxylic acids is 1. The predicted octanol–water partition coefficient (Wildman–Crippen LogP) is 0.640. The highest BCUT2D eigenvalue weighted by Gasteiger charge is 2.23. The number of pyridine rings is 1. The minimum atomic E-state index is -0.709. The number of hydrogen-bond acceptors (Lipinski definition) is 5. The van der Waals surface area contributed by atoms with E-state index < -0.39 is 6.10 Å². The highest BCUT2D eigenvalue weighted by Crippen LogP contribution is 2.12. The number of aliphatic imine (C=N–C) groups is 1. The maximum absolute atomic E-state index is 11.6. The fourth-order valence-corrected chi connectivity index (χ4v) is 2.55. The predicted molar refractivity (Wildman–Crippen MR) is 90.4 cm³/mol. The summed E-state index contributed by atoms with van der Waals surface area (Å²) in [6.45, 7) is 3.62. The SMILES string of the molecule is CCOC(=O)N1CCC(NC(N)=NCC(O)c2ccncc2)CC1. The lowest BCUT2D eigenvalue weighted by Gasteiger charge is -2.31. The molecular formula is C16H25N5O3. The number of carbonyl (C=O) groups is 1. The number of nitrogens with zero attached hydrogens (tertiary/aromatic N) is 3. The van der Waals surface area contributed by atoms with Crippen LogP contribution < -0.4 is 11.1 Å². The summed E-state index contributed by atoms with van der Waals surface area (Å²) in [6, 6.07) is 3.65. The Labute approximate surface area is 141 Å². The number of guanidine groups is 1. The Bertz CT molecular complexity index is 544. The number of aliphatic hydroxyl groups excluding tert-OH is 1. The number of aromatic nitrogens is 1. The standard InChI is InChI=1S/C16H25N5O3/c1-2-24-16(23)21-9-5-13(6-10-21)20-15(17)19-11-14(22)12-3-7-18-8-4-12/h3-4,7-8,13-14,22H,2,5-6,9-11H2,1H3,(H3,17,19,20). The molecule has 1 saturated heterocycles. The van der Waals surface area contributed by atoms with E-state index in [1.807, 2.05) is 0 Å². The van der Waals surface area contributed by atoms with Crippen LogP contribution in [0.2, 0.25) is 0 Å². The number of piperidine rings is 1. The monoisotopic (exact) mass is 335 g/mol. The third-order valence-corrected chi connectivity index (χ3v) is 3.90. The summed E-state index contributed by atoms with van der Waals surface area (Å²) < 4.78 is 4.99. The van der Waals surface area contributed by atoms with E-state index in [1.165, 1.54) is 0 Å². The highest BCUT2D eigenvalue weighted by atomic mass is 16.6. The zero-order valence-corrected chi connectivity index (χ0v) is 13.9. The van der Waals surface area contributed by atoms with Crippen molar-refractivity contribution < 1.29 is 14.6 Å². The van der Waals surface area contributed by atoms with Crippen molar-refractivity contribution in [3.63, 3.8) is 0 Å². The first kappa shape index (κ1) is 18.0. The van der Waals surface area contributed by atoms with Crippen LogP contribution >= 0.6 is 0 Å². The molecule has 1 fully saturated rings. The van der Waals surface area contributed by atoms with E-state index in [9.17, 15) is 9.90 Å². The smallest absolute Gasteiger partial charge is 0.409 e. The first-order valence-corrected chi connectivity index (χ1v) is 8.16. The molecule has 1 amide bonds. The maximum atomic E-state index is 11.6. The molecule has 1 atom stereocenters. The highest BCUT2D eigenvalue weighted by molar-refractivity contribution is 5.78. The summed E-state index contributed by atoms with van der Waals surface area (Å²) >= 11 is 0. The summed E-state index contributed by atoms with van der Waals surface area (Å²) in [5.74, 6) is 0.303. The van der Waals surface area contributed by atoms with Gasteiger partial charge in [-0.3, -0.25) is 9.98 Å². The Hall–Kier alpha value is -2.35. The van der Waals surface area contributed by atoms with E-state index >= 15 is 0 Å². The second-order valence-electron chi connectivity index (χ2n) is 5.63. The van der Waals surface area contributed by atoms with Crippen LogP contribution in [0.4, 0.5) is 4.79 Å². The molecule has 0 radical (unpaired) electrons. The second kappa shape index (κ2) is 9.07. The Kier molecular flexibility index (Phi) is 6.80. The number of aliphatic hydroxyl groups is 1. The first-order chi connectivity index (χ1) is 11.6. The van der Waals surface area contributed by atoms with Gasteiger partial charge in [-0.1, -0.05) is 0 Å². The minimum absolute atomic E-state index is 0.164. The molecule has 1 aromatic rings. The van der Waals surface area contributed by atoms with Crippen molar-refractivity contribution in [2.45, 2.75) is 31.9 Å². The lowest BCUT2D eigenvalue weighted by Crippen LogP contribution is -2.48. The largest absolute Gasteiger partial charge is 0.450 e. The van der Waals surface area contributed by atoms with Crippen molar-refractivity contribution in [1.29, 1.82) is 0 Å². The van der Waals surface area contributed by atoms with Crippen molar-refractivity contribution in [2.24, 2.45) is 10.7 Å². The molecule has 0 saturated carbocycles. The molecular weight excluding hydrogens is 310 g/mol. The molecule has 24 heavy (non-hydrogen) atoms. The van der Waals surface area contributed by atoms with Crippen LogP contribution in [-0.2, 0) is 4.74 Å². The quantitative estimate of drug-likeness (QED) is 0.537. The van der Waals surface area contributed by atoms with Crippen LogP contribution in [0.1, 0.15) is 31.4 Å². The second-order valence-corrected chi connectivity index (χ2v) is 5.63. The number of nitrogens with two attached hydrogens (primary N) is 1. The van der Waals surface area contributed by atoms with E-state index in [-0.39, 0.29) is 18.7 Å². The fraction of sp³-hybridized carbons (Fsp3) is 0.562. The van der Waals surface area contributed by atoms with Crippen molar-refractivity contribution in [1.82, 2.24) is 15.2 Å². The molecule has 2 heterocycles. The number of likely N-dealkylation sites (tertiary alicyclic amines) is 1. The van der Waals surface area contributed by atoms with E-state index in [0.29, 0.717) is 25.7 Å². The van der Waals surface area contributed by atoms with Crippen molar-refractivity contribution >= 4 is 12.1 Å². The molecule has 1 aliphatic heterocycles. The lowest BCUT2D eigenvalue weighted by atomic mass is 10.1. The summed E-state index contributed by atoms with van der Waals surface area (Å²) in [5, 5.41) is 13.2. The molecule has 1 aromatic heterocycles. The fourth-order valence-electron chi connectivity index (χ4n) is 2.55. The van der Waals surface area contributed by atoms with E-state index in [2.05, 4.69) is 15.3 Å². The average Bonchev–Trinajstić information content (AvgIpc) is 2.61. The van der Waals surface area contributed by atoms with E-state index in [1.54, 1.807) is 36.4 Å². The minimum Gasteiger partial charge on any atom is -0.450 e. The van der Waals surface area contributed by atoms with Crippen LogP contribution in [0.15, 0.2) is 29.5 Å². The van der Waals surface area contributed by atoms with Crippen molar-refractivity contribution in [2.75, 3.05) is 26.2 Å². The third kappa shape index (κ3) is 5.38. The van der Waals surface area contributed by atoms with Crippen molar-refractivity contribution in [3.8, 4) is 0 Å². The summed E-state index contributed by atoms with van der Waals surface area (Å²) in [4.78, 5) is 21.4. The number of hydrogen-bond donors (Lipinski definition) is 3. The molecule has 132 valence electrons. The molecule has 0 bridgehead atoms.